The quantitative estimate of drug-likeness (QED) is 0.804. The van der Waals surface area contributed by atoms with Crippen molar-refractivity contribution in [3.63, 3.8) is 0 Å². The molecule has 1 heterocycles. The molecule has 0 atom stereocenters. The van der Waals surface area contributed by atoms with Crippen LogP contribution >= 0.6 is 11.6 Å². The van der Waals surface area contributed by atoms with Gasteiger partial charge in [0.2, 0.25) is 0 Å². The van der Waals surface area contributed by atoms with Gasteiger partial charge in [0, 0.05) is 17.8 Å². The van der Waals surface area contributed by atoms with Gasteiger partial charge in [0.1, 0.15) is 5.75 Å². The van der Waals surface area contributed by atoms with Crippen LogP contribution in [-0.4, -0.2) is 11.5 Å². The first kappa shape index (κ1) is 14.8. The molecule has 0 fully saturated rings. The highest BCUT2D eigenvalue weighted by atomic mass is 35.5. The molecule has 2 rings (SSSR count). The zero-order valence-corrected chi connectivity index (χ0v) is 12.6. The molecule has 0 saturated carbocycles. The van der Waals surface area contributed by atoms with Gasteiger partial charge in [-0.2, -0.15) is 0 Å². The van der Waals surface area contributed by atoms with Gasteiger partial charge in [0.15, 0.2) is 5.75 Å². The Balaban J connectivity index is 2.18. The molecule has 3 nitrogen and oxygen atoms in total. The molecule has 1 aromatic carbocycles. The summed E-state index contributed by atoms with van der Waals surface area (Å²) < 4.78 is 5.89. The largest absolute Gasteiger partial charge is 0.454 e. The lowest BCUT2D eigenvalue weighted by molar-refractivity contribution is 0.470. The topological polar surface area (TPSA) is 34.1 Å². The summed E-state index contributed by atoms with van der Waals surface area (Å²) in [5.74, 6) is 1.39. The number of nitrogens with one attached hydrogen (secondary N) is 1. The van der Waals surface area contributed by atoms with Crippen molar-refractivity contribution in [1.29, 1.82) is 0 Å². The van der Waals surface area contributed by atoms with Crippen molar-refractivity contribution >= 4 is 11.6 Å². The minimum Gasteiger partial charge on any atom is -0.454 e. The van der Waals surface area contributed by atoms with Gasteiger partial charge >= 0.3 is 0 Å². The van der Waals surface area contributed by atoms with Gasteiger partial charge in [0.25, 0.3) is 0 Å². The monoisotopic (exact) mass is 290 g/mol. The van der Waals surface area contributed by atoms with Crippen molar-refractivity contribution in [3.05, 3.63) is 52.8 Å². The molecule has 1 aromatic heterocycles. The summed E-state index contributed by atoms with van der Waals surface area (Å²) in [6.07, 6.45) is 2.81. The summed E-state index contributed by atoms with van der Waals surface area (Å²) in [5, 5.41) is 3.97. The van der Waals surface area contributed by atoms with Crippen LogP contribution in [0, 0.1) is 6.92 Å². The maximum Gasteiger partial charge on any atom is 0.150 e. The predicted octanol–water partition coefficient (Wildman–Crippen LogP) is 4.34. The van der Waals surface area contributed by atoms with Crippen molar-refractivity contribution in [3.8, 4) is 11.5 Å². The van der Waals surface area contributed by atoms with E-state index in [1.165, 1.54) is 0 Å². The van der Waals surface area contributed by atoms with Crippen LogP contribution in [0.3, 0.4) is 0 Å². The summed E-state index contributed by atoms with van der Waals surface area (Å²) in [7, 11) is 0. The lowest BCUT2D eigenvalue weighted by Crippen LogP contribution is -2.14. The average molecular weight is 291 g/mol. The van der Waals surface area contributed by atoms with E-state index in [0.717, 1.165) is 30.8 Å². The smallest absolute Gasteiger partial charge is 0.150 e. The van der Waals surface area contributed by atoms with Gasteiger partial charge in [-0.05, 0) is 38.1 Å². The van der Waals surface area contributed by atoms with E-state index in [1.807, 2.05) is 37.3 Å². The fourth-order valence-corrected chi connectivity index (χ4v) is 2.07. The predicted molar refractivity (Wildman–Crippen MR) is 82.5 cm³/mol. The number of rotatable bonds is 6. The Labute approximate surface area is 124 Å². The first-order chi connectivity index (χ1) is 9.70. The van der Waals surface area contributed by atoms with Crippen LogP contribution in [0.4, 0.5) is 0 Å². The Morgan fingerprint density at radius 2 is 2.10 bits per heavy atom. The molecule has 0 aliphatic rings. The average Bonchev–Trinajstić information content (AvgIpc) is 2.45. The Bertz CT molecular complexity index is 555. The van der Waals surface area contributed by atoms with E-state index >= 15 is 0 Å². The van der Waals surface area contributed by atoms with Gasteiger partial charge in [-0.15, -0.1) is 0 Å². The molecule has 1 N–H and O–H groups in total. The number of halogens is 1. The van der Waals surface area contributed by atoms with Crippen molar-refractivity contribution in [1.82, 2.24) is 10.3 Å². The van der Waals surface area contributed by atoms with E-state index in [-0.39, 0.29) is 0 Å². The fraction of sp³-hybridized carbons (Fsp3) is 0.312. The molecule has 0 saturated heterocycles. The number of hydrogen-bond donors (Lipinski definition) is 1. The van der Waals surface area contributed by atoms with E-state index in [1.54, 1.807) is 6.20 Å². The third-order valence-electron chi connectivity index (χ3n) is 2.89. The molecule has 0 unspecified atom stereocenters. The second-order valence-electron chi connectivity index (χ2n) is 4.64. The standard InChI is InChI=1S/C16H19ClN2O/c1-3-9-18-10-13-5-4-6-15(17)16(13)20-14-8-7-12(2)19-11-14/h4-8,11,18H,3,9-10H2,1-2H3. The molecule has 106 valence electrons. The minimum absolute atomic E-state index is 0.612. The van der Waals surface area contributed by atoms with Crippen molar-refractivity contribution in [2.45, 2.75) is 26.8 Å². The summed E-state index contributed by atoms with van der Waals surface area (Å²) in [6, 6.07) is 9.61. The molecule has 0 aliphatic carbocycles. The Kier molecular flexibility index (Phi) is 5.39. The van der Waals surface area contributed by atoms with Crippen molar-refractivity contribution in [2.24, 2.45) is 0 Å². The number of aryl methyl sites for hydroxylation is 1. The first-order valence-electron chi connectivity index (χ1n) is 6.79. The lowest BCUT2D eigenvalue weighted by Gasteiger charge is -2.13. The summed E-state index contributed by atoms with van der Waals surface area (Å²) >= 11 is 6.25. The van der Waals surface area contributed by atoms with E-state index in [2.05, 4.69) is 17.2 Å². The fourth-order valence-electron chi connectivity index (χ4n) is 1.84. The van der Waals surface area contributed by atoms with Crippen molar-refractivity contribution < 1.29 is 4.74 Å². The van der Waals surface area contributed by atoms with Crippen molar-refractivity contribution in [2.75, 3.05) is 6.54 Å². The van der Waals surface area contributed by atoms with Gasteiger partial charge in [0.05, 0.1) is 11.2 Å². The number of aromatic nitrogens is 1. The van der Waals surface area contributed by atoms with E-state index in [9.17, 15) is 0 Å². The molecule has 20 heavy (non-hydrogen) atoms. The molecular formula is C16H19ClN2O. The molecule has 0 spiro atoms. The summed E-state index contributed by atoms with van der Waals surface area (Å²) in [6.45, 7) is 5.79. The van der Waals surface area contributed by atoms with Crippen LogP contribution in [-0.2, 0) is 6.54 Å². The molecule has 4 heteroatoms. The summed E-state index contributed by atoms with van der Waals surface area (Å²) in [4.78, 5) is 4.23. The molecule has 0 aliphatic heterocycles. The number of benzene rings is 1. The van der Waals surface area contributed by atoms with E-state index in [4.69, 9.17) is 16.3 Å². The van der Waals surface area contributed by atoms with Gasteiger partial charge in [-0.25, -0.2) is 0 Å². The Morgan fingerprint density at radius 1 is 1.25 bits per heavy atom. The summed E-state index contributed by atoms with van der Waals surface area (Å²) in [5.41, 5.74) is 2.01. The maximum absolute atomic E-state index is 6.25. The number of hydrogen-bond acceptors (Lipinski definition) is 3. The maximum atomic E-state index is 6.25. The van der Waals surface area contributed by atoms with Gasteiger partial charge < -0.3 is 10.1 Å². The van der Waals surface area contributed by atoms with Gasteiger partial charge in [-0.3, -0.25) is 4.98 Å². The van der Waals surface area contributed by atoms with Crippen LogP contribution in [0.2, 0.25) is 5.02 Å². The normalized spacial score (nSPS) is 10.6. The van der Waals surface area contributed by atoms with E-state index < -0.39 is 0 Å². The first-order valence-corrected chi connectivity index (χ1v) is 7.17. The zero-order valence-electron chi connectivity index (χ0n) is 11.8. The van der Waals surface area contributed by atoms with Crippen LogP contribution in [0.15, 0.2) is 36.5 Å². The number of ether oxygens (including phenoxy) is 1. The molecule has 0 amide bonds. The van der Waals surface area contributed by atoms with Crippen LogP contribution in [0.5, 0.6) is 11.5 Å². The highest BCUT2D eigenvalue weighted by molar-refractivity contribution is 6.32. The van der Waals surface area contributed by atoms with Crippen LogP contribution in [0.25, 0.3) is 0 Å². The molecular weight excluding hydrogens is 272 g/mol. The van der Waals surface area contributed by atoms with Gasteiger partial charge in [-0.1, -0.05) is 30.7 Å². The van der Waals surface area contributed by atoms with E-state index in [0.29, 0.717) is 16.5 Å². The molecule has 0 radical (unpaired) electrons. The Morgan fingerprint density at radius 3 is 2.80 bits per heavy atom. The number of pyridine rings is 1. The Hall–Kier alpha value is -1.58. The SMILES string of the molecule is CCCNCc1cccc(Cl)c1Oc1ccc(C)nc1. The highest BCUT2D eigenvalue weighted by Crippen LogP contribution is 2.32. The van der Waals surface area contributed by atoms with Crippen LogP contribution in [0.1, 0.15) is 24.6 Å². The third kappa shape index (κ3) is 3.95. The number of para-hydroxylation sites is 1. The third-order valence-corrected chi connectivity index (χ3v) is 3.19. The zero-order chi connectivity index (χ0) is 14.4. The number of nitrogens with zero attached hydrogens (tertiary/aromatic N) is 1. The van der Waals surface area contributed by atoms with Crippen LogP contribution < -0.4 is 10.1 Å². The molecule has 2 aromatic rings. The second-order valence-corrected chi connectivity index (χ2v) is 5.05. The highest BCUT2D eigenvalue weighted by Gasteiger charge is 2.09. The minimum atomic E-state index is 0.612. The lowest BCUT2D eigenvalue weighted by atomic mass is 10.2. The molecule has 0 bridgehead atoms. The second kappa shape index (κ2) is 7.27.